The number of nitrogens with one attached hydrogen (secondary N) is 1. The van der Waals surface area contributed by atoms with Crippen molar-refractivity contribution in [3.8, 4) is 0 Å². The molecule has 0 saturated heterocycles. The number of aromatic nitrogens is 3. The van der Waals surface area contributed by atoms with Crippen LogP contribution in [0.2, 0.25) is 0 Å². The number of amides is 1. The zero-order valence-electron chi connectivity index (χ0n) is 19.3. The normalized spacial score (nSPS) is 32.4. The molecule has 2 unspecified atom stereocenters. The highest BCUT2D eigenvalue weighted by atomic mass is 16.2. The van der Waals surface area contributed by atoms with Gasteiger partial charge in [0, 0.05) is 6.54 Å². The Labute approximate surface area is 185 Å². The summed E-state index contributed by atoms with van der Waals surface area (Å²) in [7, 11) is 4.17. The molecule has 4 aliphatic rings. The molecule has 6 heteroatoms. The van der Waals surface area contributed by atoms with Gasteiger partial charge in [-0.05, 0) is 83.9 Å². The first-order valence-corrected chi connectivity index (χ1v) is 11.7. The molecule has 4 saturated carbocycles. The number of hydrogen-bond acceptors (Lipinski definition) is 4. The molecule has 1 amide bonds. The van der Waals surface area contributed by atoms with E-state index in [1.807, 2.05) is 13.3 Å². The van der Waals surface area contributed by atoms with E-state index in [1.54, 1.807) is 0 Å². The van der Waals surface area contributed by atoms with Gasteiger partial charge in [0.15, 0.2) is 0 Å². The molecule has 0 aliphatic heterocycles. The largest absolute Gasteiger partial charge is 0.354 e. The molecule has 166 valence electrons. The third-order valence-corrected chi connectivity index (χ3v) is 8.15. The van der Waals surface area contributed by atoms with Crippen molar-refractivity contribution in [3.63, 3.8) is 0 Å². The quantitative estimate of drug-likeness (QED) is 0.774. The number of carbonyl (C=O) groups is 1. The van der Waals surface area contributed by atoms with Crippen LogP contribution in [0.25, 0.3) is 0 Å². The van der Waals surface area contributed by atoms with Crippen LogP contribution in [0.3, 0.4) is 0 Å². The minimum Gasteiger partial charge on any atom is -0.354 e. The summed E-state index contributed by atoms with van der Waals surface area (Å²) in [6.07, 6.45) is 8.42. The highest BCUT2D eigenvalue weighted by Crippen LogP contribution is 2.64. The van der Waals surface area contributed by atoms with Crippen LogP contribution in [-0.2, 0) is 10.3 Å². The van der Waals surface area contributed by atoms with Gasteiger partial charge in [0.1, 0.15) is 12.2 Å². The Bertz CT molecular complexity index is 949. The molecule has 6 nitrogen and oxygen atoms in total. The van der Waals surface area contributed by atoms with Crippen molar-refractivity contribution in [2.45, 2.75) is 64.0 Å². The molecule has 4 aliphatic carbocycles. The summed E-state index contributed by atoms with van der Waals surface area (Å²) in [5, 5.41) is 8.08. The summed E-state index contributed by atoms with van der Waals surface area (Å²) < 4.78 is 2.11. The van der Waals surface area contributed by atoms with Crippen molar-refractivity contribution < 1.29 is 4.79 Å². The topological polar surface area (TPSA) is 63.1 Å². The second-order valence-corrected chi connectivity index (χ2v) is 10.8. The average Bonchev–Trinajstić information content (AvgIpc) is 3.15. The number of nitrogens with zero attached hydrogens (tertiary/aromatic N) is 4. The smallest absolute Gasteiger partial charge is 0.226 e. The van der Waals surface area contributed by atoms with Gasteiger partial charge >= 0.3 is 0 Å². The molecule has 1 N–H and O–H groups in total. The lowest BCUT2D eigenvalue weighted by Gasteiger charge is -2.61. The van der Waals surface area contributed by atoms with Crippen molar-refractivity contribution in [1.82, 2.24) is 25.0 Å². The summed E-state index contributed by atoms with van der Waals surface area (Å²) in [5.74, 6) is 2.32. The van der Waals surface area contributed by atoms with E-state index in [-0.39, 0.29) is 22.9 Å². The molecule has 0 spiro atoms. The van der Waals surface area contributed by atoms with Crippen molar-refractivity contribution in [2.24, 2.45) is 17.3 Å². The summed E-state index contributed by atoms with van der Waals surface area (Å²) in [6, 6.07) is 8.83. The van der Waals surface area contributed by atoms with Crippen molar-refractivity contribution in [1.29, 1.82) is 0 Å². The van der Waals surface area contributed by atoms with Crippen LogP contribution in [-0.4, -0.2) is 46.2 Å². The molecule has 1 aromatic heterocycles. The molecular weight excluding hydrogens is 386 g/mol. The molecular formula is C25H35N5O. The number of hydrogen-bond donors (Lipinski definition) is 1. The number of rotatable bonds is 6. The van der Waals surface area contributed by atoms with Gasteiger partial charge in [0.25, 0.3) is 0 Å². The van der Waals surface area contributed by atoms with Crippen LogP contribution in [0.4, 0.5) is 0 Å². The fraction of sp³-hybridized carbons (Fsp3) is 0.640. The SMILES string of the molecule is Cc1ccc([C@H](CNC(=O)C23C[C@H]4C[C@@H](C2)CC(n2cnc(C)n2)(C4)C3)N(C)C)cc1. The molecule has 6 rings (SSSR count). The van der Waals surface area contributed by atoms with E-state index in [4.69, 9.17) is 5.10 Å². The molecule has 1 heterocycles. The first-order valence-electron chi connectivity index (χ1n) is 11.7. The van der Waals surface area contributed by atoms with E-state index in [2.05, 4.69) is 65.2 Å². The summed E-state index contributed by atoms with van der Waals surface area (Å²) in [6.45, 7) is 4.70. The van der Waals surface area contributed by atoms with E-state index < -0.39 is 0 Å². The second kappa shape index (κ2) is 7.44. The molecule has 31 heavy (non-hydrogen) atoms. The second-order valence-electron chi connectivity index (χ2n) is 10.8. The Morgan fingerprint density at radius 1 is 1.16 bits per heavy atom. The Morgan fingerprint density at radius 3 is 2.42 bits per heavy atom. The zero-order chi connectivity index (χ0) is 21.8. The maximum atomic E-state index is 13.7. The highest BCUT2D eigenvalue weighted by molar-refractivity contribution is 5.83. The average molecular weight is 422 g/mol. The predicted molar refractivity (Wildman–Crippen MR) is 120 cm³/mol. The fourth-order valence-corrected chi connectivity index (χ4v) is 7.09. The fourth-order valence-electron chi connectivity index (χ4n) is 7.09. The van der Waals surface area contributed by atoms with Crippen LogP contribution in [0.1, 0.15) is 61.5 Å². The molecule has 4 bridgehead atoms. The van der Waals surface area contributed by atoms with Gasteiger partial charge in [-0.15, -0.1) is 0 Å². The van der Waals surface area contributed by atoms with Gasteiger partial charge < -0.3 is 10.2 Å². The molecule has 1 aromatic carbocycles. The van der Waals surface area contributed by atoms with Gasteiger partial charge in [-0.25, -0.2) is 9.67 Å². The van der Waals surface area contributed by atoms with Crippen molar-refractivity contribution in [2.75, 3.05) is 20.6 Å². The molecule has 4 fully saturated rings. The van der Waals surface area contributed by atoms with E-state index in [0.717, 1.165) is 37.9 Å². The first kappa shape index (κ1) is 20.7. The first-order chi connectivity index (χ1) is 14.8. The minimum absolute atomic E-state index is 0.0272. The molecule has 0 radical (unpaired) electrons. The number of likely N-dealkylation sites (N-methyl/N-ethyl adjacent to an activating group) is 1. The lowest BCUT2D eigenvalue weighted by atomic mass is 9.46. The summed E-state index contributed by atoms with van der Waals surface area (Å²) in [4.78, 5) is 20.3. The number of aryl methyl sites for hydroxylation is 2. The Morgan fingerprint density at radius 2 is 1.84 bits per heavy atom. The van der Waals surface area contributed by atoms with Crippen LogP contribution in [0.15, 0.2) is 30.6 Å². The minimum atomic E-state index is -0.256. The lowest BCUT2D eigenvalue weighted by Crippen LogP contribution is -2.61. The number of carbonyl (C=O) groups excluding carboxylic acids is 1. The van der Waals surface area contributed by atoms with E-state index in [9.17, 15) is 4.79 Å². The van der Waals surface area contributed by atoms with Crippen LogP contribution >= 0.6 is 0 Å². The van der Waals surface area contributed by atoms with E-state index >= 15 is 0 Å². The molecule has 2 aromatic rings. The predicted octanol–water partition coefficient (Wildman–Crippen LogP) is 3.61. The maximum Gasteiger partial charge on any atom is 0.226 e. The highest BCUT2D eigenvalue weighted by Gasteiger charge is 2.61. The van der Waals surface area contributed by atoms with Crippen molar-refractivity contribution in [3.05, 3.63) is 47.5 Å². The van der Waals surface area contributed by atoms with Gasteiger partial charge in [0.05, 0.1) is 17.0 Å². The van der Waals surface area contributed by atoms with E-state index in [0.29, 0.717) is 18.4 Å². The van der Waals surface area contributed by atoms with Gasteiger partial charge in [0.2, 0.25) is 5.91 Å². The standard InChI is InChI=1S/C25H35N5O/c1-17-5-7-21(8-6-17)22(29(3)4)14-26-23(31)24-10-19-9-20(11-24)13-25(12-19,15-24)30-16-27-18(2)28-30/h5-8,16,19-20,22H,9-15H2,1-4H3,(H,26,31)/t19-,20+,22-,24?,25?/m0/s1. The monoisotopic (exact) mass is 421 g/mol. The summed E-state index contributed by atoms with van der Waals surface area (Å²) in [5.41, 5.74) is 2.22. The van der Waals surface area contributed by atoms with Crippen LogP contribution in [0, 0.1) is 31.1 Å². The van der Waals surface area contributed by atoms with Crippen molar-refractivity contribution >= 4 is 5.91 Å². The number of benzene rings is 1. The molecule has 5 atom stereocenters. The van der Waals surface area contributed by atoms with Crippen LogP contribution < -0.4 is 5.32 Å². The Kier molecular flexibility index (Phi) is 4.96. The third kappa shape index (κ3) is 3.59. The third-order valence-electron chi connectivity index (χ3n) is 8.15. The van der Waals surface area contributed by atoms with Gasteiger partial charge in [-0.3, -0.25) is 4.79 Å². The van der Waals surface area contributed by atoms with E-state index in [1.165, 1.54) is 17.5 Å². The Hall–Kier alpha value is -2.21. The van der Waals surface area contributed by atoms with Gasteiger partial charge in [-0.1, -0.05) is 29.8 Å². The Balaban J connectivity index is 1.35. The van der Waals surface area contributed by atoms with Crippen LogP contribution in [0.5, 0.6) is 0 Å². The maximum absolute atomic E-state index is 13.7. The van der Waals surface area contributed by atoms with Gasteiger partial charge in [-0.2, -0.15) is 5.10 Å². The zero-order valence-corrected chi connectivity index (χ0v) is 19.3. The summed E-state index contributed by atoms with van der Waals surface area (Å²) >= 11 is 0. The lowest BCUT2D eigenvalue weighted by molar-refractivity contribution is -0.156.